The maximum absolute atomic E-state index is 8.88. The van der Waals surface area contributed by atoms with Crippen molar-refractivity contribution in [2.75, 3.05) is 0 Å². The Morgan fingerprint density at radius 3 is 1.11 bits per heavy atom. The van der Waals surface area contributed by atoms with E-state index < -0.39 is 7.82 Å². The number of hydrogen-bond donors (Lipinski definition) is 3. The Morgan fingerprint density at radius 1 is 1.11 bits per heavy atom. The molecule has 1 radical (unpaired) electrons. The van der Waals surface area contributed by atoms with Gasteiger partial charge < -0.3 is 14.7 Å². The third kappa shape index (κ3) is 125. The topological polar surface area (TPSA) is 77.8 Å². The van der Waals surface area contributed by atoms with Crippen molar-refractivity contribution in [2.24, 2.45) is 0 Å². The molecule has 9 heteroatoms. The van der Waals surface area contributed by atoms with Crippen molar-refractivity contribution in [1.82, 2.24) is 0 Å². The molecule has 0 aliphatic carbocycles. The fourth-order valence-corrected chi connectivity index (χ4v) is 0. The van der Waals surface area contributed by atoms with Crippen molar-refractivity contribution in [3.8, 4) is 0 Å². The van der Waals surface area contributed by atoms with Gasteiger partial charge in [-0.1, -0.05) is 0 Å². The van der Waals surface area contributed by atoms with Gasteiger partial charge in [0.15, 0.2) is 0 Å². The van der Waals surface area contributed by atoms with Crippen LogP contribution in [0, 0.1) is 0 Å². The van der Waals surface area contributed by atoms with Gasteiger partial charge in [-0.2, -0.15) is 0 Å². The largest absolute Gasteiger partial charge is 0 e. The summed E-state index contributed by atoms with van der Waals surface area (Å²) in [6, 6.07) is 0. The van der Waals surface area contributed by atoms with E-state index in [-0.39, 0.29) is 77.5 Å². The number of hydrogen-bond acceptors (Lipinski definition) is 1. The van der Waals surface area contributed by atoms with Crippen molar-refractivity contribution in [2.45, 2.75) is 0 Å². The van der Waals surface area contributed by atoms with Crippen molar-refractivity contribution in [3.63, 3.8) is 0 Å². The summed E-state index contributed by atoms with van der Waals surface area (Å²) in [5.41, 5.74) is 0. The summed E-state index contributed by atoms with van der Waals surface area (Å²) in [4.78, 5) is 21.6. The summed E-state index contributed by atoms with van der Waals surface area (Å²) in [7, 11) is -4.64. The van der Waals surface area contributed by atoms with Crippen LogP contribution in [-0.2, 0) is 47.8 Å². The Morgan fingerprint density at radius 2 is 1.11 bits per heavy atom. The maximum Gasteiger partial charge on any atom is 0 e. The smallest absolute Gasteiger partial charge is 0 e. The molecule has 0 aromatic rings. The van der Waals surface area contributed by atoms with E-state index in [1.54, 1.807) is 0 Å². The Hall–Kier alpha value is 2.44. The molecule has 0 spiro atoms. The van der Waals surface area contributed by atoms with Crippen LogP contribution in [0.15, 0.2) is 0 Å². The minimum absolute atomic E-state index is 0. The van der Waals surface area contributed by atoms with E-state index in [9.17, 15) is 0 Å². The second-order valence-corrected chi connectivity index (χ2v) is 1.54. The molecule has 0 aliphatic heterocycles. The van der Waals surface area contributed by atoms with Gasteiger partial charge in [0, 0.05) is 43.3 Å². The van der Waals surface area contributed by atoms with Gasteiger partial charge in [0.25, 0.3) is 0 Å². The summed E-state index contributed by atoms with van der Waals surface area (Å²) < 4.78 is 8.88. The Bertz CT molecular complexity index is 66.7. The Labute approximate surface area is 103 Å². The van der Waals surface area contributed by atoms with Gasteiger partial charge >= 0.3 is 37.4 Å². The second-order valence-electron chi connectivity index (χ2n) is 0.513. The SMILES string of the molecule is F.O=P(O)(O)O.[Mn].[NaH].[Zr]. The molecule has 0 aliphatic rings. The third-order valence-corrected chi connectivity index (χ3v) is 0. The molecule has 3 N–H and O–H groups in total. The van der Waals surface area contributed by atoms with E-state index in [2.05, 4.69) is 0 Å². The Balaban J connectivity index is -0.0000000133. The van der Waals surface area contributed by atoms with Crippen molar-refractivity contribution < 1.29 is 67.2 Å². The zero-order valence-corrected chi connectivity index (χ0v) is 8.02. The van der Waals surface area contributed by atoms with Crippen molar-refractivity contribution >= 4 is 37.4 Å². The van der Waals surface area contributed by atoms with E-state index in [1.807, 2.05) is 0 Å². The molecule has 0 bridgehead atoms. The summed E-state index contributed by atoms with van der Waals surface area (Å²) in [6.07, 6.45) is 0. The van der Waals surface area contributed by atoms with E-state index in [4.69, 9.17) is 19.2 Å². The molecule has 0 heterocycles. The van der Waals surface area contributed by atoms with Crippen LogP contribution in [0.3, 0.4) is 0 Å². The van der Waals surface area contributed by atoms with Crippen LogP contribution in [0.5, 0.6) is 0 Å². The predicted molar refractivity (Wildman–Crippen MR) is 23.9 cm³/mol. The molecular formula is H5FMnNaO4PZr. The maximum atomic E-state index is 8.88. The summed E-state index contributed by atoms with van der Waals surface area (Å²) >= 11 is 0. The molecule has 9 heavy (non-hydrogen) atoms. The predicted octanol–water partition coefficient (Wildman–Crippen LogP) is -1.43. The molecular weight excluding hydrogens is 283 g/mol. The summed E-state index contributed by atoms with van der Waals surface area (Å²) in [5, 5.41) is 0. The van der Waals surface area contributed by atoms with Crippen molar-refractivity contribution in [3.05, 3.63) is 0 Å². The zero-order chi connectivity index (χ0) is 4.50. The molecule has 0 aromatic heterocycles. The molecule has 53 valence electrons. The van der Waals surface area contributed by atoms with Crippen LogP contribution in [0.4, 0.5) is 4.70 Å². The first-order valence-electron chi connectivity index (χ1n) is 0.783. The number of phosphoric acid groups is 1. The molecule has 4 nitrogen and oxygen atoms in total. The standard InChI is InChI=1S/FH.Mn.Na.H3O4P.Zr.H/c;;;1-5(2,3)4;;/h1H;;;(H3,1,2,3,4);;. The van der Waals surface area contributed by atoms with Gasteiger partial charge in [-0.05, 0) is 0 Å². The van der Waals surface area contributed by atoms with Crippen LogP contribution in [0.2, 0.25) is 0 Å². The van der Waals surface area contributed by atoms with Gasteiger partial charge in [0.1, 0.15) is 0 Å². The average molecular weight is 288 g/mol. The molecule has 0 saturated carbocycles. The van der Waals surface area contributed by atoms with E-state index in [0.717, 1.165) is 0 Å². The van der Waals surface area contributed by atoms with Crippen LogP contribution in [0.25, 0.3) is 0 Å². The average Bonchev–Trinajstić information content (AvgIpc) is 0.722. The third-order valence-electron chi connectivity index (χ3n) is 0. The van der Waals surface area contributed by atoms with Crippen LogP contribution < -0.4 is 0 Å². The molecule has 0 atom stereocenters. The summed E-state index contributed by atoms with van der Waals surface area (Å²) in [6.45, 7) is 0. The summed E-state index contributed by atoms with van der Waals surface area (Å²) in [5.74, 6) is 0. The van der Waals surface area contributed by atoms with Gasteiger partial charge in [-0.3, -0.25) is 4.70 Å². The Kier molecular flexibility index (Phi) is 43.6. The monoisotopic (exact) mass is 287 g/mol. The second kappa shape index (κ2) is 13.1. The molecule has 0 aromatic carbocycles. The van der Waals surface area contributed by atoms with Crippen LogP contribution >= 0.6 is 7.82 Å². The quantitative estimate of drug-likeness (QED) is 0.377. The zero-order valence-electron chi connectivity index (χ0n) is 3.48. The molecule has 0 fully saturated rings. The van der Waals surface area contributed by atoms with Gasteiger partial charge in [-0.15, -0.1) is 0 Å². The molecule has 0 unspecified atom stereocenters. The fourth-order valence-electron chi connectivity index (χ4n) is 0. The first-order valence-corrected chi connectivity index (χ1v) is 2.35. The van der Waals surface area contributed by atoms with Crippen LogP contribution in [-0.4, -0.2) is 44.2 Å². The number of halogens is 1. The van der Waals surface area contributed by atoms with E-state index in [1.165, 1.54) is 0 Å². The van der Waals surface area contributed by atoms with E-state index >= 15 is 0 Å². The van der Waals surface area contributed by atoms with Gasteiger partial charge in [0.05, 0.1) is 0 Å². The van der Waals surface area contributed by atoms with Gasteiger partial charge in [0.2, 0.25) is 0 Å². The van der Waals surface area contributed by atoms with E-state index in [0.29, 0.717) is 0 Å². The fraction of sp³-hybridized carbons (Fsp3) is 0. The minimum Gasteiger partial charge on any atom is 0 e. The minimum atomic E-state index is -4.64. The van der Waals surface area contributed by atoms with Crippen molar-refractivity contribution in [1.29, 1.82) is 0 Å². The first-order chi connectivity index (χ1) is 2.00. The first kappa shape index (κ1) is 30.1. The molecule has 0 amide bonds. The van der Waals surface area contributed by atoms with Crippen LogP contribution in [0.1, 0.15) is 0 Å². The number of rotatable bonds is 0. The normalized spacial score (nSPS) is 6.56. The molecule has 0 saturated heterocycles. The molecule has 0 rings (SSSR count). The van der Waals surface area contributed by atoms with Gasteiger partial charge in [-0.25, -0.2) is 4.57 Å².